The average molecular weight is 344 g/mol. The van der Waals surface area contributed by atoms with Crippen LogP contribution in [0, 0.1) is 10.1 Å². The van der Waals surface area contributed by atoms with Crippen LogP contribution in [0.3, 0.4) is 0 Å². The van der Waals surface area contributed by atoms with Gasteiger partial charge in [0.25, 0.3) is 5.69 Å². The number of urea groups is 1. The van der Waals surface area contributed by atoms with Crippen LogP contribution in [-0.4, -0.2) is 24.0 Å². The number of benzene rings is 2. The number of nitrogens with one attached hydrogen (secondary N) is 3. The highest BCUT2D eigenvalue weighted by molar-refractivity contribution is 5.91. The van der Waals surface area contributed by atoms with Crippen molar-refractivity contribution in [2.45, 2.75) is 6.42 Å². The van der Waals surface area contributed by atoms with Crippen LogP contribution in [0.25, 0.3) is 0 Å². The van der Waals surface area contributed by atoms with Gasteiger partial charge in [-0.15, -0.1) is 0 Å². The van der Waals surface area contributed by atoms with E-state index in [2.05, 4.69) is 16.2 Å². The number of nitrogens with zero attached hydrogens (tertiary/aromatic N) is 1. The van der Waals surface area contributed by atoms with Gasteiger partial charge in [0.05, 0.1) is 18.5 Å². The van der Waals surface area contributed by atoms with Crippen LogP contribution in [0.2, 0.25) is 0 Å². The third-order valence-corrected chi connectivity index (χ3v) is 3.18. The monoisotopic (exact) mass is 344 g/mol. The zero-order chi connectivity index (χ0) is 18.2. The molecule has 0 aliphatic carbocycles. The van der Waals surface area contributed by atoms with Crippen molar-refractivity contribution in [1.82, 2.24) is 10.9 Å². The molecule has 0 unspecified atom stereocenters. The number of rotatable bonds is 5. The number of carbonyl (C=O) groups excluding carboxylic acids is 2. The molecule has 2 aromatic rings. The summed E-state index contributed by atoms with van der Waals surface area (Å²) in [5, 5.41) is 13.4. The third kappa shape index (κ3) is 5.20. The fraction of sp³-hybridized carbons (Fsp3) is 0.125. The van der Waals surface area contributed by atoms with Crippen LogP contribution in [0.15, 0.2) is 48.5 Å². The maximum Gasteiger partial charge on any atom is 0.337 e. The fourth-order valence-corrected chi connectivity index (χ4v) is 2.05. The van der Waals surface area contributed by atoms with Crippen molar-refractivity contribution in [2.75, 3.05) is 12.4 Å². The molecule has 130 valence electrons. The Morgan fingerprint density at radius 2 is 1.88 bits per heavy atom. The molecule has 0 spiro atoms. The zero-order valence-electron chi connectivity index (χ0n) is 13.3. The lowest BCUT2D eigenvalue weighted by molar-refractivity contribution is -0.385. The molecule has 25 heavy (non-hydrogen) atoms. The number of hydrazine groups is 1. The molecule has 3 amide bonds. The van der Waals surface area contributed by atoms with E-state index in [1.165, 1.54) is 25.3 Å². The minimum atomic E-state index is -0.663. The van der Waals surface area contributed by atoms with Gasteiger partial charge in [-0.25, -0.2) is 10.2 Å². The highest BCUT2D eigenvalue weighted by atomic mass is 16.6. The summed E-state index contributed by atoms with van der Waals surface area (Å²) in [6.07, 6.45) is -0.239. The number of para-hydroxylation sites is 1. The second kappa shape index (κ2) is 8.29. The summed E-state index contributed by atoms with van der Waals surface area (Å²) in [4.78, 5) is 34.0. The number of methoxy groups -OCH3 is 1. The summed E-state index contributed by atoms with van der Waals surface area (Å²) in [7, 11) is 1.50. The molecular weight excluding hydrogens is 328 g/mol. The van der Waals surface area contributed by atoms with Crippen molar-refractivity contribution in [3.8, 4) is 5.75 Å². The van der Waals surface area contributed by atoms with Crippen molar-refractivity contribution in [3.63, 3.8) is 0 Å². The van der Waals surface area contributed by atoms with E-state index in [0.717, 1.165) is 0 Å². The molecule has 0 aliphatic rings. The summed E-state index contributed by atoms with van der Waals surface area (Å²) in [6.45, 7) is 0. The van der Waals surface area contributed by atoms with E-state index in [9.17, 15) is 19.7 Å². The number of carbonyl (C=O) groups is 2. The molecule has 9 heteroatoms. The molecule has 0 aromatic heterocycles. The van der Waals surface area contributed by atoms with Gasteiger partial charge in [-0.2, -0.15) is 0 Å². The first kappa shape index (κ1) is 17.7. The number of anilines is 1. The van der Waals surface area contributed by atoms with Crippen LogP contribution in [-0.2, 0) is 11.2 Å². The van der Waals surface area contributed by atoms with Gasteiger partial charge < -0.3 is 10.1 Å². The molecule has 0 bridgehead atoms. The molecule has 0 fully saturated rings. The Morgan fingerprint density at radius 3 is 2.60 bits per heavy atom. The Bertz CT molecular complexity index is 794. The smallest absolute Gasteiger partial charge is 0.337 e. The largest absolute Gasteiger partial charge is 0.497 e. The lowest BCUT2D eigenvalue weighted by atomic mass is 10.1. The van der Waals surface area contributed by atoms with Gasteiger partial charge in [0.2, 0.25) is 5.91 Å². The second-order valence-electron chi connectivity index (χ2n) is 4.92. The van der Waals surface area contributed by atoms with E-state index >= 15 is 0 Å². The minimum absolute atomic E-state index is 0.154. The molecule has 2 rings (SSSR count). The summed E-state index contributed by atoms with van der Waals surface area (Å²) in [6, 6.07) is 11.9. The molecule has 3 N–H and O–H groups in total. The Balaban J connectivity index is 1.87. The molecule has 9 nitrogen and oxygen atoms in total. The Morgan fingerprint density at radius 1 is 1.12 bits per heavy atom. The normalized spacial score (nSPS) is 9.80. The quantitative estimate of drug-likeness (QED) is 0.565. The van der Waals surface area contributed by atoms with E-state index in [1.807, 2.05) is 0 Å². The van der Waals surface area contributed by atoms with Gasteiger partial charge in [-0.3, -0.25) is 20.3 Å². The Hall–Kier alpha value is -3.62. The van der Waals surface area contributed by atoms with E-state index in [1.54, 1.807) is 30.3 Å². The molecule has 0 radical (unpaired) electrons. The van der Waals surface area contributed by atoms with Crippen LogP contribution in [0.5, 0.6) is 5.75 Å². The fourth-order valence-electron chi connectivity index (χ4n) is 2.05. The molecule has 0 atom stereocenters. The standard InChI is InChI=1S/C16H16N4O5/c1-25-13-7-4-6-12(10-13)17-16(22)19-18-15(21)9-11-5-2-3-8-14(11)20(23)24/h2-8,10H,9H2,1H3,(H,18,21)(H2,17,19,22). The van der Waals surface area contributed by atoms with Crippen molar-refractivity contribution in [2.24, 2.45) is 0 Å². The molecular formula is C16H16N4O5. The van der Waals surface area contributed by atoms with Crippen LogP contribution in [0.1, 0.15) is 5.56 Å². The number of amides is 3. The van der Waals surface area contributed by atoms with E-state index in [0.29, 0.717) is 11.4 Å². The highest BCUT2D eigenvalue weighted by Gasteiger charge is 2.15. The third-order valence-electron chi connectivity index (χ3n) is 3.18. The topological polar surface area (TPSA) is 123 Å². The second-order valence-corrected chi connectivity index (χ2v) is 4.92. The van der Waals surface area contributed by atoms with Gasteiger partial charge >= 0.3 is 6.03 Å². The van der Waals surface area contributed by atoms with Gasteiger partial charge in [0.1, 0.15) is 5.75 Å². The Labute approximate surface area is 143 Å². The van der Waals surface area contributed by atoms with Crippen LogP contribution < -0.4 is 20.9 Å². The average Bonchev–Trinajstić information content (AvgIpc) is 2.60. The number of hydrogen-bond donors (Lipinski definition) is 3. The maximum absolute atomic E-state index is 11.8. The first-order valence-electron chi connectivity index (χ1n) is 7.22. The van der Waals surface area contributed by atoms with E-state index in [4.69, 9.17) is 4.74 Å². The number of nitro groups is 1. The summed E-state index contributed by atoms with van der Waals surface area (Å²) in [5.41, 5.74) is 4.94. The predicted octanol–water partition coefficient (Wildman–Crippen LogP) is 2.00. The van der Waals surface area contributed by atoms with Gasteiger partial charge in [-0.1, -0.05) is 24.3 Å². The predicted molar refractivity (Wildman–Crippen MR) is 90.1 cm³/mol. The number of ether oxygens (including phenoxy) is 1. The highest BCUT2D eigenvalue weighted by Crippen LogP contribution is 2.18. The van der Waals surface area contributed by atoms with Crippen LogP contribution >= 0.6 is 0 Å². The maximum atomic E-state index is 11.8. The first-order valence-corrected chi connectivity index (χ1v) is 7.22. The van der Waals surface area contributed by atoms with Gasteiger partial charge in [0.15, 0.2) is 0 Å². The molecule has 0 aliphatic heterocycles. The van der Waals surface area contributed by atoms with Gasteiger partial charge in [0, 0.05) is 23.4 Å². The summed E-state index contributed by atoms with van der Waals surface area (Å²) < 4.78 is 5.04. The van der Waals surface area contributed by atoms with E-state index < -0.39 is 16.9 Å². The van der Waals surface area contributed by atoms with Crippen molar-refractivity contribution in [3.05, 3.63) is 64.2 Å². The van der Waals surface area contributed by atoms with Gasteiger partial charge in [-0.05, 0) is 12.1 Å². The molecule has 0 saturated heterocycles. The number of hydrogen-bond acceptors (Lipinski definition) is 5. The molecule has 0 saturated carbocycles. The van der Waals surface area contributed by atoms with E-state index in [-0.39, 0.29) is 17.7 Å². The minimum Gasteiger partial charge on any atom is -0.497 e. The van der Waals surface area contributed by atoms with Crippen molar-refractivity contribution in [1.29, 1.82) is 0 Å². The molecule has 0 heterocycles. The first-order chi connectivity index (χ1) is 12.0. The van der Waals surface area contributed by atoms with Crippen LogP contribution in [0.4, 0.5) is 16.2 Å². The summed E-state index contributed by atoms with van der Waals surface area (Å²) in [5.74, 6) is -0.0201. The molecule has 2 aromatic carbocycles. The van der Waals surface area contributed by atoms with Crippen molar-refractivity contribution >= 4 is 23.3 Å². The van der Waals surface area contributed by atoms with Crippen molar-refractivity contribution < 1.29 is 19.2 Å². The lowest BCUT2D eigenvalue weighted by Gasteiger charge is -2.10. The Kier molecular flexibility index (Phi) is 5.88. The zero-order valence-corrected chi connectivity index (χ0v) is 13.3. The lowest BCUT2D eigenvalue weighted by Crippen LogP contribution is -2.44. The summed E-state index contributed by atoms with van der Waals surface area (Å²) >= 11 is 0. The number of nitro benzene ring substituents is 1. The SMILES string of the molecule is COc1cccc(NC(=O)NNC(=O)Cc2ccccc2[N+](=O)[O-])c1.